The van der Waals surface area contributed by atoms with Crippen LogP contribution >= 0.6 is 12.2 Å². The molecule has 0 bridgehead atoms. The number of benzene rings is 2. The highest BCUT2D eigenvalue weighted by atomic mass is 32.1. The Morgan fingerprint density at radius 3 is 2.38 bits per heavy atom. The van der Waals surface area contributed by atoms with Crippen molar-refractivity contribution in [2.24, 2.45) is 0 Å². The zero-order chi connectivity index (χ0) is 20.2. The van der Waals surface area contributed by atoms with E-state index >= 15 is 0 Å². The minimum absolute atomic E-state index is 0.706. The number of rotatable bonds is 7. The molecule has 0 spiro atoms. The summed E-state index contributed by atoms with van der Waals surface area (Å²) in [7, 11) is 2.15. The van der Waals surface area contributed by atoms with Crippen molar-refractivity contribution < 1.29 is 4.90 Å². The molecule has 29 heavy (non-hydrogen) atoms. The summed E-state index contributed by atoms with van der Waals surface area (Å²) in [5, 5.41) is 9.16. The molecular formula is C22H25N6S+. The van der Waals surface area contributed by atoms with Crippen molar-refractivity contribution in [3.05, 3.63) is 94.8 Å². The van der Waals surface area contributed by atoms with Crippen LogP contribution < -0.4 is 4.90 Å². The molecule has 0 saturated carbocycles. The van der Waals surface area contributed by atoms with Gasteiger partial charge in [0.2, 0.25) is 4.77 Å². The summed E-state index contributed by atoms with van der Waals surface area (Å²) >= 11 is 5.70. The maximum atomic E-state index is 5.70. The van der Waals surface area contributed by atoms with Crippen LogP contribution in [0.2, 0.25) is 0 Å². The molecule has 7 heteroatoms. The van der Waals surface area contributed by atoms with Gasteiger partial charge in [0, 0.05) is 11.8 Å². The number of nitrogens with zero attached hydrogens (tertiary/aromatic N) is 5. The van der Waals surface area contributed by atoms with Gasteiger partial charge in [-0.3, -0.25) is 4.57 Å². The highest BCUT2D eigenvalue weighted by Gasteiger charge is 2.13. The molecule has 0 saturated heterocycles. The molecule has 0 aliphatic rings. The van der Waals surface area contributed by atoms with Gasteiger partial charge in [0.05, 0.1) is 25.5 Å². The van der Waals surface area contributed by atoms with Crippen LogP contribution in [0, 0.1) is 11.7 Å². The van der Waals surface area contributed by atoms with Gasteiger partial charge >= 0.3 is 0 Å². The molecule has 2 heterocycles. The van der Waals surface area contributed by atoms with Crippen molar-refractivity contribution in [1.82, 2.24) is 24.1 Å². The lowest BCUT2D eigenvalue weighted by molar-refractivity contribution is -0.917. The van der Waals surface area contributed by atoms with E-state index in [2.05, 4.69) is 52.3 Å². The van der Waals surface area contributed by atoms with Crippen molar-refractivity contribution in [3.8, 4) is 5.69 Å². The fourth-order valence-corrected chi connectivity index (χ4v) is 3.74. The topological polar surface area (TPSA) is 45.0 Å². The molecule has 0 aliphatic heterocycles. The Morgan fingerprint density at radius 2 is 1.66 bits per heavy atom. The summed E-state index contributed by atoms with van der Waals surface area (Å²) in [4.78, 5) is 1.29. The van der Waals surface area contributed by atoms with E-state index in [-0.39, 0.29) is 0 Å². The fraction of sp³-hybridized carbons (Fsp3) is 0.227. The Kier molecular flexibility index (Phi) is 5.69. The first-order chi connectivity index (χ1) is 14.1. The number of para-hydroxylation sites is 1. The van der Waals surface area contributed by atoms with Crippen LogP contribution in [0.15, 0.2) is 73.1 Å². The van der Waals surface area contributed by atoms with Crippen LogP contribution in [0.1, 0.15) is 17.0 Å². The van der Waals surface area contributed by atoms with Crippen molar-refractivity contribution in [1.29, 1.82) is 0 Å². The van der Waals surface area contributed by atoms with Crippen LogP contribution in [0.3, 0.4) is 0 Å². The van der Waals surface area contributed by atoms with E-state index in [4.69, 9.17) is 12.2 Å². The molecular weight excluding hydrogens is 380 g/mol. The maximum absolute atomic E-state index is 5.70. The standard InChI is InChI=1S/C22H24N6S/c1-18-24-28(22(29)26(18)15-19-9-5-3-6-10-19)17-25(2)14-20-13-23-27(16-20)21-11-7-4-8-12-21/h3-13,16H,14-15,17H2,1-2H3/p+1. The highest BCUT2D eigenvalue weighted by molar-refractivity contribution is 7.71. The molecule has 0 amide bonds. The lowest BCUT2D eigenvalue weighted by Crippen LogP contribution is -3.07. The van der Waals surface area contributed by atoms with Gasteiger partial charge < -0.3 is 4.90 Å². The van der Waals surface area contributed by atoms with Crippen LogP contribution in [0.5, 0.6) is 0 Å². The molecule has 148 valence electrons. The van der Waals surface area contributed by atoms with Crippen molar-refractivity contribution in [2.45, 2.75) is 26.7 Å². The number of quaternary nitrogens is 1. The molecule has 0 fully saturated rings. The second-order valence-corrected chi connectivity index (χ2v) is 7.69. The molecule has 4 aromatic rings. The Bertz CT molecular complexity index is 1130. The summed E-state index contributed by atoms with van der Waals surface area (Å²) in [5.74, 6) is 0.934. The predicted molar refractivity (Wildman–Crippen MR) is 115 cm³/mol. The smallest absolute Gasteiger partial charge is 0.203 e. The van der Waals surface area contributed by atoms with Crippen LogP contribution in [0.4, 0.5) is 0 Å². The van der Waals surface area contributed by atoms with Crippen LogP contribution in [0.25, 0.3) is 5.69 Å². The highest BCUT2D eigenvalue weighted by Crippen LogP contribution is 2.08. The van der Waals surface area contributed by atoms with E-state index in [9.17, 15) is 0 Å². The molecule has 1 N–H and O–H groups in total. The van der Waals surface area contributed by atoms with Gasteiger partial charge in [-0.05, 0) is 36.8 Å². The van der Waals surface area contributed by atoms with Crippen LogP contribution in [-0.4, -0.2) is 31.2 Å². The predicted octanol–water partition coefficient (Wildman–Crippen LogP) is 2.63. The zero-order valence-electron chi connectivity index (χ0n) is 16.7. The second-order valence-electron chi connectivity index (χ2n) is 7.32. The summed E-state index contributed by atoms with van der Waals surface area (Å²) in [6.07, 6.45) is 4.01. The monoisotopic (exact) mass is 405 g/mol. The third-order valence-corrected chi connectivity index (χ3v) is 5.30. The van der Waals surface area contributed by atoms with Crippen LogP contribution in [-0.2, 0) is 19.8 Å². The first-order valence-corrected chi connectivity index (χ1v) is 10.1. The van der Waals surface area contributed by atoms with E-state index in [0.29, 0.717) is 6.67 Å². The average molecular weight is 406 g/mol. The molecule has 6 nitrogen and oxygen atoms in total. The Hall–Kier alpha value is -3.03. The molecule has 1 atom stereocenters. The number of aromatic nitrogens is 5. The number of hydrogen-bond donors (Lipinski definition) is 1. The molecule has 1 unspecified atom stereocenters. The van der Waals surface area contributed by atoms with Crippen molar-refractivity contribution >= 4 is 12.2 Å². The third-order valence-electron chi connectivity index (χ3n) is 4.87. The number of nitrogens with one attached hydrogen (secondary N) is 1. The van der Waals surface area contributed by atoms with Gasteiger partial charge in [-0.15, -0.1) is 0 Å². The van der Waals surface area contributed by atoms with Crippen molar-refractivity contribution in [2.75, 3.05) is 7.05 Å². The Balaban J connectivity index is 1.44. The minimum atomic E-state index is 0.706. The van der Waals surface area contributed by atoms with E-state index in [0.717, 1.165) is 29.4 Å². The molecule has 2 aromatic heterocycles. The lowest BCUT2D eigenvalue weighted by Gasteiger charge is -2.12. The number of hydrogen-bond acceptors (Lipinski definition) is 3. The summed E-state index contributed by atoms with van der Waals surface area (Å²) in [6, 6.07) is 20.5. The van der Waals surface area contributed by atoms with E-state index in [1.54, 1.807) is 0 Å². The summed E-state index contributed by atoms with van der Waals surface area (Å²) in [5.41, 5.74) is 3.47. The van der Waals surface area contributed by atoms with Crippen molar-refractivity contribution in [3.63, 3.8) is 0 Å². The van der Waals surface area contributed by atoms with Gasteiger partial charge in [0.25, 0.3) is 0 Å². The van der Waals surface area contributed by atoms with E-state index in [1.807, 2.05) is 58.9 Å². The Labute approximate surface area is 175 Å². The van der Waals surface area contributed by atoms with Gasteiger partial charge in [0.15, 0.2) is 6.67 Å². The normalized spacial score (nSPS) is 12.2. The van der Waals surface area contributed by atoms with E-state index in [1.165, 1.54) is 16.0 Å². The average Bonchev–Trinajstić information content (AvgIpc) is 3.30. The number of aryl methyl sites for hydroxylation is 1. The third kappa shape index (κ3) is 4.52. The quantitative estimate of drug-likeness (QED) is 0.481. The summed E-state index contributed by atoms with van der Waals surface area (Å²) < 4.78 is 6.67. The molecule has 0 radical (unpaired) electrons. The molecule has 0 aliphatic carbocycles. The van der Waals surface area contributed by atoms with Gasteiger partial charge in [-0.25, -0.2) is 4.68 Å². The largest absolute Gasteiger partial charge is 0.315 e. The van der Waals surface area contributed by atoms with Gasteiger partial charge in [0.1, 0.15) is 12.4 Å². The molecule has 4 rings (SSSR count). The maximum Gasteiger partial charge on any atom is 0.203 e. The minimum Gasteiger partial charge on any atom is -0.315 e. The van der Waals surface area contributed by atoms with Gasteiger partial charge in [-0.2, -0.15) is 14.9 Å². The molecule has 2 aromatic carbocycles. The first-order valence-electron chi connectivity index (χ1n) is 9.68. The lowest BCUT2D eigenvalue weighted by atomic mass is 10.2. The SMILES string of the molecule is Cc1nn(C[NH+](C)Cc2cnn(-c3ccccc3)c2)c(=S)n1Cc1ccccc1. The Morgan fingerprint density at radius 1 is 0.966 bits per heavy atom. The fourth-order valence-electron chi connectivity index (χ4n) is 3.43. The van der Waals surface area contributed by atoms with Gasteiger partial charge in [-0.1, -0.05) is 48.5 Å². The second kappa shape index (κ2) is 8.55. The first kappa shape index (κ1) is 19.3. The summed E-state index contributed by atoms with van der Waals surface area (Å²) in [6.45, 7) is 4.31. The zero-order valence-corrected chi connectivity index (χ0v) is 17.5. The van der Waals surface area contributed by atoms with E-state index < -0.39 is 0 Å².